The first kappa shape index (κ1) is 17.9. The van der Waals surface area contributed by atoms with Crippen LogP contribution in [-0.4, -0.2) is 76.0 Å². The van der Waals surface area contributed by atoms with E-state index in [1.165, 1.54) is 12.5 Å². The van der Waals surface area contributed by atoms with Gasteiger partial charge in [-0.2, -0.15) is 0 Å². The summed E-state index contributed by atoms with van der Waals surface area (Å²) in [5, 5.41) is 0. The number of amides is 4. The molecular weight excluding hydrogens is 364 g/mol. The van der Waals surface area contributed by atoms with Crippen molar-refractivity contribution in [2.45, 2.75) is 6.42 Å². The van der Waals surface area contributed by atoms with Crippen LogP contribution >= 0.6 is 0 Å². The minimum atomic E-state index is -0.470. The van der Waals surface area contributed by atoms with Crippen LogP contribution in [0.15, 0.2) is 41.1 Å². The second kappa shape index (κ2) is 7.26. The number of imide groups is 1. The Morgan fingerprint density at radius 3 is 2.43 bits per heavy atom. The predicted octanol–water partition coefficient (Wildman–Crippen LogP) is 0.645. The number of pyridine rings is 1. The lowest BCUT2D eigenvalue weighted by atomic mass is 10.2. The SMILES string of the molecule is O=C(CCN1C(=O)c2cccnc2C1=O)N1CCN(C(=O)c2ccco2)CC1. The van der Waals surface area contributed by atoms with Gasteiger partial charge in [-0.1, -0.05) is 0 Å². The number of furan rings is 1. The first-order valence-electron chi connectivity index (χ1n) is 8.98. The number of hydrogen-bond acceptors (Lipinski definition) is 6. The fourth-order valence-electron chi connectivity index (χ4n) is 3.40. The Labute approximate surface area is 160 Å². The molecule has 0 aromatic carbocycles. The van der Waals surface area contributed by atoms with Crippen LogP contribution in [0.3, 0.4) is 0 Å². The summed E-state index contributed by atoms with van der Waals surface area (Å²) < 4.78 is 5.12. The van der Waals surface area contributed by atoms with Crippen molar-refractivity contribution in [2.75, 3.05) is 32.7 Å². The summed E-state index contributed by atoms with van der Waals surface area (Å²) in [6, 6.07) is 6.42. The minimum Gasteiger partial charge on any atom is -0.459 e. The summed E-state index contributed by atoms with van der Waals surface area (Å²) in [5.41, 5.74) is 0.398. The Kier molecular flexibility index (Phi) is 4.64. The van der Waals surface area contributed by atoms with E-state index >= 15 is 0 Å². The third-order valence-corrected chi connectivity index (χ3v) is 4.93. The van der Waals surface area contributed by atoms with Crippen LogP contribution in [0.25, 0.3) is 0 Å². The molecule has 28 heavy (non-hydrogen) atoms. The Balaban J connectivity index is 1.29. The van der Waals surface area contributed by atoms with Crippen LogP contribution in [0.5, 0.6) is 0 Å². The molecule has 2 aliphatic heterocycles. The van der Waals surface area contributed by atoms with Crippen LogP contribution < -0.4 is 0 Å². The number of nitrogens with zero attached hydrogens (tertiary/aromatic N) is 4. The van der Waals surface area contributed by atoms with Crippen molar-refractivity contribution in [3.63, 3.8) is 0 Å². The molecule has 0 atom stereocenters. The standard InChI is InChI=1S/C19H18N4O5/c24-15(5-7-23-17(25)13-3-1-6-20-16(13)19(23)27)21-8-10-22(11-9-21)18(26)14-4-2-12-28-14/h1-4,6,12H,5,7-11H2. The van der Waals surface area contributed by atoms with Crippen molar-refractivity contribution < 1.29 is 23.6 Å². The highest BCUT2D eigenvalue weighted by Crippen LogP contribution is 2.20. The summed E-state index contributed by atoms with van der Waals surface area (Å²) >= 11 is 0. The summed E-state index contributed by atoms with van der Waals surface area (Å²) in [6.45, 7) is 1.62. The monoisotopic (exact) mass is 382 g/mol. The van der Waals surface area contributed by atoms with E-state index < -0.39 is 11.8 Å². The number of rotatable bonds is 4. The van der Waals surface area contributed by atoms with E-state index in [4.69, 9.17) is 4.42 Å². The molecule has 1 fully saturated rings. The predicted molar refractivity (Wildman–Crippen MR) is 95.4 cm³/mol. The molecule has 9 nitrogen and oxygen atoms in total. The molecule has 9 heteroatoms. The lowest BCUT2D eigenvalue weighted by molar-refractivity contribution is -0.132. The van der Waals surface area contributed by atoms with Crippen LogP contribution in [0, 0.1) is 0 Å². The van der Waals surface area contributed by atoms with Gasteiger partial charge in [0.05, 0.1) is 11.8 Å². The van der Waals surface area contributed by atoms with Gasteiger partial charge in [-0.25, -0.2) is 0 Å². The fourth-order valence-corrected chi connectivity index (χ4v) is 3.40. The maximum Gasteiger partial charge on any atom is 0.289 e. The molecule has 4 heterocycles. The number of piperazine rings is 1. The normalized spacial score (nSPS) is 16.5. The van der Waals surface area contributed by atoms with Gasteiger partial charge in [0.2, 0.25) is 5.91 Å². The second-order valence-electron chi connectivity index (χ2n) is 6.56. The third-order valence-electron chi connectivity index (χ3n) is 4.93. The maximum atomic E-state index is 12.5. The molecule has 2 aromatic heterocycles. The first-order valence-corrected chi connectivity index (χ1v) is 8.98. The summed E-state index contributed by atoms with van der Waals surface area (Å²) in [4.78, 5) is 57.6. The topological polar surface area (TPSA) is 104 Å². The highest BCUT2D eigenvalue weighted by atomic mass is 16.3. The van der Waals surface area contributed by atoms with Crippen molar-refractivity contribution in [2.24, 2.45) is 0 Å². The fraction of sp³-hybridized carbons (Fsp3) is 0.316. The van der Waals surface area contributed by atoms with Crippen molar-refractivity contribution in [3.8, 4) is 0 Å². The van der Waals surface area contributed by atoms with Crippen LogP contribution in [0.1, 0.15) is 37.8 Å². The lowest BCUT2D eigenvalue weighted by Gasteiger charge is -2.34. The Morgan fingerprint density at radius 1 is 1.00 bits per heavy atom. The molecule has 4 amide bonds. The Hall–Kier alpha value is -3.49. The second-order valence-corrected chi connectivity index (χ2v) is 6.56. The molecule has 0 unspecified atom stereocenters. The van der Waals surface area contributed by atoms with Crippen molar-refractivity contribution >= 4 is 23.6 Å². The van der Waals surface area contributed by atoms with Crippen molar-refractivity contribution in [3.05, 3.63) is 53.7 Å². The maximum absolute atomic E-state index is 12.5. The smallest absolute Gasteiger partial charge is 0.289 e. The molecule has 0 N–H and O–H groups in total. The minimum absolute atomic E-state index is 0.0123. The number of hydrogen-bond donors (Lipinski definition) is 0. The molecule has 0 saturated carbocycles. The highest BCUT2D eigenvalue weighted by Gasteiger charge is 2.37. The number of fused-ring (bicyclic) bond motifs is 1. The average Bonchev–Trinajstić information content (AvgIpc) is 3.35. The molecule has 0 aliphatic carbocycles. The first-order chi connectivity index (χ1) is 13.6. The average molecular weight is 382 g/mol. The quantitative estimate of drug-likeness (QED) is 0.719. The molecule has 0 spiro atoms. The zero-order valence-corrected chi connectivity index (χ0v) is 15.0. The van der Waals surface area contributed by atoms with Gasteiger partial charge in [-0.05, 0) is 24.3 Å². The van der Waals surface area contributed by atoms with Crippen LogP contribution in [0.4, 0.5) is 0 Å². The van der Waals surface area contributed by atoms with E-state index in [1.807, 2.05) is 0 Å². The van der Waals surface area contributed by atoms with Gasteiger partial charge in [-0.3, -0.25) is 29.1 Å². The molecule has 144 valence electrons. The van der Waals surface area contributed by atoms with E-state index in [1.54, 1.807) is 34.1 Å². The van der Waals surface area contributed by atoms with E-state index in [0.29, 0.717) is 26.2 Å². The Morgan fingerprint density at radius 2 is 1.75 bits per heavy atom. The summed E-state index contributed by atoms with van der Waals surface area (Å²) in [5.74, 6) is -0.971. The van der Waals surface area contributed by atoms with Gasteiger partial charge in [0, 0.05) is 45.3 Å². The van der Waals surface area contributed by atoms with Crippen molar-refractivity contribution in [1.82, 2.24) is 19.7 Å². The Bertz CT molecular complexity index is 897. The van der Waals surface area contributed by atoms with E-state index in [0.717, 1.165) is 4.90 Å². The van der Waals surface area contributed by atoms with Gasteiger partial charge < -0.3 is 14.2 Å². The van der Waals surface area contributed by atoms with Gasteiger partial charge in [-0.15, -0.1) is 0 Å². The molecule has 1 saturated heterocycles. The zero-order chi connectivity index (χ0) is 19.7. The largest absolute Gasteiger partial charge is 0.459 e. The molecule has 4 rings (SSSR count). The van der Waals surface area contributed by atoms with E-state index in [-0.39, 0.29) is 41.8 Å². The third kappa shape index (κ3) is 3.15. The van der Waals surface area contributed by atoms with E-state index in [9.17, 15) is 19.2 Å². The lowest BCUT2D eigenvalue weighted by Crippen LogP contribution is -2.51. The number of carbonyl (C=O) groups excluding carboxylic acids is 4. The number of aromatic nitrogens is 1. The van der Waals surface area contributed by atoms with E-state index in [2.05, 4.69) is 4.98 Å². The molecular formula is C19H18N4O5. The molecule has 0 bridgehead atoms. The number of carbonyl (C=O) groups is 4. The molecule has 0 radical (unpaired) electrons. The summed E-state index contributed by atoms with van der Waals surface area (Å²) in [6.07, 6.45) is 2.95. The zero-order valence-electron chi connectivity index (χ0n) is 15.0. The summed E-state index contributed by atoms with van der Waals surface area (Å²) in [7, 11) is 0. The van der Waals surface area contributed by atoms with Crippen LogP contribution in [-0.2, 0) is 4.79 Å². The molecule has 2 aliphatic rings. The van der Waals surface area contributed by atoms with Crippen molar-refractivity contribution in [1.29, 1.82) is 0 Å². The van der Waals surface area contributed by atoms with Crippen LogP contribution in [0.2, 0.25) is 0 Å². The van der Waals surface area contributed by atoms with Gasteiger partial charge in [0.25, 0.3) is 17.7 Å². The van der Waals surface area contributed by atoms with Gasteiger partial charge >= 0.3 is 0 Å². The van der Waals surface area contributed by atoms with Gasteiger partial charge in [0.1, 0.15) is 5.69 Å². The highest BCUT2D eigenvalue weighted by molar-refractivity contribution is 6.20. The van der Waals surface area contributed by atoms with Gasteiger partial charge in [0.15, 0.2) is 5.76 Å². The molecule has 2 aromatic rings.